The van der Waals surface area contributed by atoms with Crippen molar-refractivity contribution in [2.75, 3.05) is 0 Å². The smallest absolute Gasteiger partial charge is 0.120 e. The predicted molar refractivity (Wildman–Crippen MR) is 84.0 cm³/mol. The average Bonchev–Trinajstić information content (AvgIpc) is 2.24. The zero-order chi connectivity index (χ0) is 15.0. The Morgan fingerprint density at radius 1 is 1.15 bits per heavy atom. The molecule has 0 aromatic heterocycles. The van der Waals surface area contributed by atoms with Crippen LogP contribution in [0.15, 0.2) is 24.3 Å². The molecule has 0 saturated carbocycles. The third kappa shape index (κ3) is 3.74. The lowest BCUT2D eigenvalue weighted by molar-refractivity contribution is 0.140. The maximum atomic E-state index is 9.96. The Morgan fingerprint density at radius 2 is 1.70 bits per heavy atom. The van der Waals surface area contributed by atoms with Crippen LogP contribution in [0.2, 0.25) is 0 Å². The number of aromatic hydroxyl groups is 1. The molecule has 0 radical (unpaired) electrons. The molecule has 0 bridgehead atoms. The summed E-state index contributed by atoms with van der Waals surface area (Å²) in [6.45, 7) is 11.2. The molecule has 3 N–H and O–H groups in total. The molecule has 1 aromatic rings. The molecule has 112 valence electrons. The monoisotopic (exact) mass is 276 g/mol. The van der Waals surface area contributed by atoms with Gasteiger partial charge in [0.05, 0.1) is 0 Å². The van der Waals surface area contributed by atoms with E-state index in [2.05, 4.69) is 45.3 Å². The van der Waals surface area contributed by atoms with E-state index in [1.165, 1.54) is 0 Å². The summed E-state index contributed by atoms with van der Waals surface area (Å²) in [7, 11) is 0. The zero-order valence-corrected chi connectivity index (χ0v) is 13.3. The SMILES string of the molecule is CC(NC1CC(C)(C)NC(C)(C)C1)c1ccccc1O. The van der Waals surface area contributed by atoms with Gasteiger partial charge in [0.25, 0.3) is 0 Å². The number of hydrogen-bond donors (Lipinski definition) is 3. The normalized spacial score (nSPS) is 23.4. The molecule has 1 aliphatic heterocycles. The molecule has 1 atom stereocenters. The van der Waals surface area contributed by atoms with Gasteiger partial charge in [0.2, 0.25) is 0 Å². The van der Waals surface area contributed by atoms with Gasteiger partial charge in [0.1, 0.15) is 5.75 Å². The van der Waals surface area contributed by atoms with Crippen LogP contribution in [0.25, 0.3) is 0 Å². The van der Waals surface area contributed by atoms with E-state index >= 15 is 0 Å². The summed E-state index contributed by atoms with van der Waals surface area (Å²) >= 11 is 0. The summed E-state index contributed by atoms with van der Waals surface area (Å²) in [5.74, 6) is 0.375. The highest BCUT2D eigenvalue weighted by Gasteiger charge is 2.37. The van der Waals surface area contributed by atoms with Gasteiger partial charge in [-0.05, 0) is 53.5 Å². The molecule has 2 rings (SSSR count). The standard InChI is InChI=1S/C17H28N2O/c1-12(14-8-6-7-9-15(14)20)18-13-10-16(2,3)19-17(4,5)11-13/h6-9,12-13,18-20H,10-11H2,1-5H3. The molecule has 1 aliphatic rings. The van der Waals surface area contributed by atoms with Crippen molar-refractivity contribution < 1.29 is 5.11 Å². The molecule has 1 saturated heterocycles. The van der Waals surface area contributed by atoms with Gasteiger partial charge in [-0.3, -0.25) is 0 Å². The number of nitrogens with one attached hydrogen (secondary N) is 2. The van der Waals surface area contributed by atoms with E-state index in [4.69, 9.17) is 0 Å². The lowest BCUT2D eigenvalue weighted by Gasteiger charge is -2.47. The van der Waals surface area contributed by atoms with Gasteiger partial charge < -0.3 is 15.7 Å². The molecular formula is C17H28N2O. The van der Waals surface area contributed by atoms with Gasteiger partial charge in [-0.15, -0.1) is 0 Å². The van der Waals surface area contributed by atoms with E-state index in [0.29, 0.717) is 11.8 Å². The second-order valence-corrected chi connectivity index (χ2v) is 7.45. The first-order valence-electron chi connectivity index (χ1n) is 7.52. The first-order valence-corrected chi connectivity index (χ1v) is 7.52. The second kappa shape index (κ2) is 5.38. The van der Waals surface area contributed by atoms with Crippen LogP contribution in [0, 0.1) is 0 Å². The van der Waals surface area contributed by atoms with Crippen molar-refractivity contribution in [3.8, 4) is 5.75 Å². The van der Waals surface area contributed by atoms with E-state index in [0.717, 1.165) is 18.4 Å². The molecule has 1 fully saturated rings. The quantitative estimate of drug-likeness (QED) is 0.793. The van der Waals surface area contributed by atoms with Gasteiger partial charge in [0.15, 0.2) is 0 Å². The molecule has 3 heteroatoms. The van der Waals surface area contributed by atoms with E-state index in [-0.39, 0.29) is 17.1 Å². The van der Waals surface area contributed by atoms with E-state index in [9.17, 15) is 5.11 Å². The predicted octanol–water partition coefficient (Wildman–Crippen LogP) is 3.35. The Morgan fingerprint density at radius 3 is 2.25 bits per heavy atom. The number of phenols is 1. The van der Waals surface area contributed by atoms with Crippen LogP contribution in [0.1, 0.15) is 59.1 Å². The zero-order valence-electron chi connectivity index (χ0n) is 13.3. The number of benzene rings is 1. The molecule has 1 aromatic carbocycles. The first-order chi connectivity index (χ1) is 9.19. The van der Waals surface area contributed by atoms with Crippen LogP contribution in [0.3, 0.4) is 0 Å². The van der Waals surface area contributed by atoms with Gasteiger partial charge in [-0.2, -0.15) is 0 Å². The Bertz CT molecular complexity index is 452. The van der Waals surface area contributed by atoms with Crippen molar-refractivity contribution in [3.63, 3.8) is 0 Å². The summed E-state index contributed by atoms with van der Waals surface area (Å²) in [4.78, 5) is 0. The Balaban J connectivity index is 2.08. The fraction of sp³-hybridized carbons (Fsp3) is 0.647. The summed E-state index contributed by atoms with van der Waals surface area (Å²) < 4.78 is 0. The number of piperidine rings is 1. The molecule has 0 amide bonds. The van der Waals surface area contributed by atoms with E-state index in [1.54, 1.807) is 6.07 Å². The highest BCUT2D eigenvalue weighted by Crippen LogP contribution is 2.31. The summed E-state index contributed by atoms with van der Waals surface area (Å²) in [5.41, 5.74) is 1.25. The van der Waals surface area contributed by atoms with Gasteiger partial charge >= 0.3 is 0 Å². The van der Waals surface area contributed by atoms with E-state index < -0.39 is 0 Å². The fourth-order valence-electron chi connectivity index (χ4n) is 3.74. The van der Waals surface area contributed by atoms with Crippen molar-refractivity contribution in [3.05, 3.63) is 29.8 Å². The van der Waals surface area contributed by atoms with E-state index in [1.807, 2.05) is 18.2 Å². The summed E-state index contributed by atoms with van der Waals surface area (Å²) in [5, 5.41) is 17.3. The van der Waals surface area contributed by atoms with Crippen LogP contribution in [0.4, 0.5) is 0 Å². The highest BCUT2D eigenvalue weighted by molar-refractivity contribution is 5.34. The van der Waals surface area contributed by atoms with Crippen molar-refractivity contribution in [2.24, 2.45) is 0 Å². The van der Waals surface area contributed by atoms with Crippen LogP contribution >= 0.6 is 0 Å². The minimum atomic E-state index is 0.137. The average molecular weight is 276 g/mol. The van der Waals surface area contributed by atoms with Crippen molar-refractivity contribution in [1.29, 1.82) is 0 Å². The molecule has 3 nitrogen and oxygen atoms in total. The van der Waals surface area contributed by atoms with Gasteiger partial charge in [0, 0.05) is 28.7 Å². The fourth-order valence-corrected chi connectivity index (χ4v) is 3.74. The van der Waals surface area contributed by atoms with Crippen molar-refractivity contribution in [2.45, 2.75) is 70.6 Å². The summed E-state index contributed by atoms with van der Waals surface area (Å²) in [6.07, 6.45) is 2.18. The summed E-state index contributed by atoms with van der Waals surface area (Å²) in [6, 6.07) is 8.20. The third-order valence-electron chi connectivity index (χ3n) is 4.08. The Labute approximate surface area is 122 Å². The lowest BCUT2D eigenvalue weighted by atomic mass is 9.79. The number of hydrogen-bond acceptors (Lipinski definition) is 3. The maximum absolute atomic E-state index is 9.96. The first kappa shape index (κ1) is 15.3. The van der Waals surface area contributed by atoms with Crippen molar-refractivity contribution >= 4 is 0 Å². The van der Waals surface area contributed by atoms with Crippen LogP contribution in [0.5, 0.6) is 5.75 Å². The molecule has 1 unspecified atom stereocenters. The van der Waals surface area contributed by atoms with Crippen LogP contribution < -0.4 is 10.6 Å². The lowest BCUT2D eigenvalue weighted by Crippen LogP contribution is -2.61. The minimum absolute atomic E-state index is 0.137. The Hall–Kier alpha value is -1.06. The van der Waals surface area contributed by atoms with Gasteiger partial charge in [-0.25, -0.2) is 0 Å². The topological polar surface area (TPSA) is 44.3 Å². The molecule has 0 spiro atoms. The second-order valence-electron chi connectivity index (χ2n) is 7.45. The molecule has 20 heavy (non-hydrogen) atoms. The van der Waals surface area contributed by atoms with Crippen LogP contribution in [-0.4, -0.2) is 22.2 Å². The minimum Gasteiger partial charge on any atom is -0.508 e. The molecule has 1 heterocycles. The van der Waals surface area contributed by atoms with Crippen LogP contribution in [-0.2, 0) is 0 Å². The molecule has 0 aliphatic carbocycles. The molecular weight excluding hydrogens is 248 g/mol. The number of para-hydroxylation sites is 1. The third-order valence-corrected chi connectivity index (χ3v) is 4.08. The largest absolute Gasteiger partial charge is 0.508 e. The highest BCUT2D eigenvalue weighted by atomic mass is 16.3. The maximum Gasteiger partial charge on any atom is 0.120 e. The van der Waals surface area contributed by atoms with Gasteiger partial charge in [-0.1, -0.05) is 18.2 Å². The Kier molecular flexibility index (Phi) is 4.12. The van der Waals surface area contributed by atoms with Crippen molar-refractivity contribution in [1.82, 2.24) is 10.6 Å². The number of rotatable bonds is 3. The number of phenolic OH excluding ortho intramolecular Hbond substituents is 1.